The fourth-order valence-electron chi connectivity index (χ4n) is 3.40. The van der Waals surface area contributed by atoms with Crippen molar-refractivity contribution in [3.8, 4) is 5.75 Å². The summed E-state index contributed by atoms with van der Waals surface area (Å²) in [6.45, 7) is 3.26. The molecule has 0 spiro atoms. The van der Waals surface area contributed by atoms with Crippen LogP contribution >= 0.6 is 0 Å². The molecule has 0 bridgehead atoms. The maximum Gasteiger partial charge on any atom is 0.162 e. The van der Waals surface area contributed by atoms with Crippen LogP contribution in [-0.4, -0.2) is 28.9 Å². The van der Waals surface area contributed by atoms with E-state index in [0.717, 1.165) is 26.1 Å². The summed E-state index contributed by atoms with van der Waals surface area (Å²) in [4.78, 5) is 14.7. The van der Waals surface area contributed by atoms with Gasteiger partial charge in [0.2, 0.25) is 0 Å². The predicted molar refractivity (Wildman–Crippen MR) is 96.1 cm³/mol. The minimum Gasteiger partial charge on any atom is -0.508 e. The number of Topliss-reactive ketones (excluding diaryl/α,β-unsaturated/α-hetero) is 1. The second-order valence-electron chi connectivity index (χ2n) is 6.71. The van der Waals surface area contributed by atoms with E-state index in [-0.39, 0.29) is 11.5 Å². The van der Waals surface area contributed by atoms with E-state index in [4.69, 9.17) is 0 Å². The number of carbonyl (C=O) groups is 1. The van der Waals surface area contributed by atoms with Gasteiger partial charge in [-0.1, -0.05) is 30.3 Å². The number of piperidine rings is 1. The van der Waals surface area contributed by atoms with Crippen molar-refractivity contribution in [2.45, 2.75) is 32.2 Å². The minimum absolute atomic E-state index is 0.182. The Balaban J connectivity index is 1.41. The third kappa shape index (κ3) is 4.68. The standard InChI is InChI=1S/C21H25NO2/c23-20-9-7-19(8-10-20)21(24)11-6-17-12-14-22(15-13-17)16-18-4-2-1-3-5-18/h1-5,7-10,17,23H,6,11-16H2. The molecule has 1 aliphatic rings. The highest BCUT2D eigenvalue weighted by molar-refractivity contribution is 5.96. The summed E-state index contributed by atoms with van der Waals surface area (Å²) in [5.41, 5.74) is 2.08. The molecule has 2 aromatic carbocycles. The first kappa shape index (κ1) is 16.7. The molecule has 3 heteroatoms. The summed E-state index contributed by atoms with van der Waals surface area (Å²) >= 11 is 0. The second-order valence-corrected chi connectivity index (χ2v) is 6.71. The van der Waals surface area contributed by atoms with Gasteiger partial charge in [-0.25, -0.2) is 0 Å². The lowest BCUT2D eigenvalue weighted by molar-refractivity contribution is 0.0961. The van der Waals surface area contributed by atoms with Crippen molar-refractivity contribution >= 4 is 5.78 Å². The number of ketones is 1. The molecule has 3 nitrogen and oxygen atoms in total. The maximum atomic E-state index is 12.2. The largest absolute Gasteiger partial charge is 0.508 e. The van der Waals surface area contributed by atoms with Gasteiger partial charge in [-0.3, -0.25) is 9.69 Å². The second kappa shape index (κ2) is 8.11. The molecule has 2 aromatic rings. The number of rotatable bonds is 6. The molecule has 0 amide bonds. The number of benzene rings is 2. The molecule has 0 radical (unpaired) electrons. The Morgan fingerprint density at radius 2 is 1.67 bits per heavy atom. The molecule has 126 valence electrons. The van der Waals surface area contributed by atoms with E-state index in [1.807, 2.05) is 0 Å². The fraction of sp³-hybridized carbons (Fsp3) is 0.381. The van der Waals surface area contributed by atoms with Gasteiger partial charge in [0.1, 0.15) is 5.75 Å². The van der Waals surface area contributed by atoms with Crippen LogP contribution in [0.4, 0.5) is 0 Å². The van der Waals surface area contributed by atoms with Crippen molar-refractivity contribution < 1.29 is 9.90 Å². The average molecular weight is 323 g/mol. The first-order chi connectivity index (χ1) is 11.7. The number of phenolic OH excluding ortho intramolecular Hbond substituents is 1. The minimum atomic E-state index is 0.182. The van der Waals surface area contributed by atoms with Crippen LogP contribution in [0.3, 0.4) is 0 Å². The van der Waals surface area contributed by atoms with Gasteiger partial charge in [0.05, 0.1) is 0 Å². The van der Waals surface area contributed by atoms with Gasteiger partial charge in [0.15, 0.2) is 5.78 Å². The van der Waals surface area contributed by atoms with Gasteiger partial charge in [-0.2, -0.15) is 0 Å². The zero-order valence-electron chi connectivity index (χ0n) is 14.0. The molecule has 0 atom stereocenters. The highest BCUT2D eigenvalue weighted by atomic mass is 16.3. The molecule has 0 aromatic heterocycles. The Morgan fingerprint density at radius 1 is 1.00 bits per heavy atom. The van der Waals surface area contributed by atoms with Gasteiger partial charge in [0.25, 0.3) is 0 Å². The molecule has 3 rings (SSSR count). The first-order valence-electron chi connectivity index (χ1n) is 8.79. The van der Waals surface area contributed by atoms with E-state index in [0.29, 0.717) is 17.9 Å². The highest BCUT2D eigenvalue weighted by Gasteiger charge is 2.20. The van der Waals surface area contributed by atoms with Gasteiger partial charge in [-0.05, 0) is 68.1 Å². The molecule has 1 N–H and O–H groups in total. The summed E-state index contributed by atoms with van der Waals surface area (Å²) in [5.74, 6) is 1.04. The number of hydrogen-bond acceptors (Lipinski definition) is 3. The Kier molecular flexibility index (Phi) is 5.65. The van der Waals surface area contributed by atoms with Crippen molar-refractivity contribution in [2.75, 3.05) is 13.1 Å². The summed E-state index contributed by atoms with van der Waals surface area (Å²) in [7, 11) is 0. The zero-order valence-corrected chi connectivity index (χ0v) is 14.0. The lowest BCUT2D eigenvalue weighted by atomic mass is 9.90. The summed E-state index contributed by atoms with van der Waals surface area (Å²) in [6.07, 6.45) is 3.93. The molecule has 1 heterocycles. The number of aromatic hydroxyl groups is 1. The average Bonchev–Trinajstić information content (AvgIpc) is 2.62. The third-order valence-electron chi connectivity index (χ3n) is 4.93. The van der Waals surface area contributed by atoms with E-state index in [1.165, 1.54) is 18.4 Å². The number of nitrogens with zero attached hydrogens (tertiary/aromatic N) is 1. The van der Waals surface area contributed by atoms with Gasteiger partial charge in [-0.15, -0.1) is 0 Å². The maximum absolute atomic E-state index is 12.2. The third-order valence-corrected chi connectivity index (χ3v) is 4.93. The topological polar surface area (TPSA) is 40.5 Å². The molecular weight excluding hydrogens is 298 g/mol. The van der Waals surface area contributed by atoms with Gasteiger partial charge in [0, 0.05) is 18.5 Å². The molecule has 0 aliphatic carbocycles. The Hall–Kier alpha value is -2.13. The molecule has 1 saturated heterocycles. The number of hydrogen-bond donors (Lipinski definition) is 1. The fourth-order valence-corrected chi connectivity index (χ4v) is 3.40. The van der Waals surface area contributed by atoms with Gasteiger partial charge < -0.3 is 5.11 Å². The number of carbonyl (C=O) groups excluding carboxylic acids is 1. The highest BCUT2D eigenvalue weighted by Crippen LogP contribution is 2.24. The smallest absolute Gasteiger partial charge is 0.162 e. The summed E-state index contributed by atoms with van der Waals surface area (Å²) < 4.78 is 0. The van der Waals surface area contributed by atoms with Crippen molar-refractivity contribution in [3.05, 3.63) is 65.7 Å². The molecule has 1 fully saturated rings. The van der Waals surface area contributed by atoms with Crippen LogP contribution in [0.2, 0.25) is 0 Å². The van der Waals surface area contributed by atoms with E-state index >= 15 is 0 Å². The van der Waals surface area contributed by atoms with Crippen molar-refractivity contribution in [2.24, 2.45) is 5.92 Å². The SMILES string of the molecule is O=C(CCC1CCN(Cc2ccccc2)CC1)c1ccc(O)cc1. The quantitative estimate of drug-likeness (QED) is 0.807. The van der Waals surface area contributed by atoms with Crippen LogP contribution in [0.1, 0.15) is 41.6 Å². The van der Waals surface area contributed by atoms with Crippen molar-refractivity contribution in [1.29, 1.82) is 0 Å². The Bertz CT molecular complexity index is 643. The number of likely N-dealkylation sites (tertiary alicyclic amines) is 1. The Morgan fingerprint density at radius 3 is 2.33 bits per heavy atom. The summed E-state index contributed by atoms with van der Waals surface area (Å²) in [5, 5.41) is 9.29. The monoisotopic (exact) mass is 323 g/mol. The normalized spacial score (nSPS) is 16.2. The first-order valence-corrected chi connectivity index (χ1v) is 8.79. The molecular formula is C21H25NO2. The lowest BCUT2D eigenvalue weighted by Crippen LogP contribution is -2.33. The van der Waals surface area contributed by atoms with Crippen LogP contribution in [0.15, 0.2) is 54.6 Å². The molecule has 0 saturated carbocycles. The van der Waals surface area contributed by atoms with Crippen LogP contribution in [-0.2, 0) is 6.54 Å². The van der Waals surface area contributed by atoms with E-state index < -0.39 is 0 Å². The van der Waals surface area contributed by atoms with E-state index in [9.17, 15) is 9.90 Å². The van der Waals surface area contributed by atoms with Crippen molar-refractivity contribution in [1.82, 2.24) is 4.90 Å². The van der Waals surface area contributed by atoms with Crippen LogP contribution in [0.5, 0.6) is 5.75 Å². The molecule has 0 unspecified atom stereocenters. The van der Waals surface area contributed by atoms with E-state index in [2.05, 4.69) is 35.2 Å². The van der Waals surface area contributed by atoms with Crippen LogP contribution < -0.4 is 0 Å². The van der Waals surface area contributed by atoms with Crippen LogP contribution in [0, 0.1) is 5.92 Å². The summed E-state index contributed by atoms with van der Waals surface area (Å²) in [6, 6.07) is 17.2. The predicted octanol–water partition coefficient (Wildman–Crippen LogP) is 4.27. The molecule has 1 aliphatic heterocycles. The molecule has 24 heavy (non-hydrogen) atoms. The van der Waals surface area contributed by atoms with E-state index in [1.54, 1.807) is 24.3 Å². The van der Waals surface area contributed by atoms with Crippen molar-refractivity contribution in [3.63, 3.8) is 0 Å². The zero-order chi connectivity index (χ0) is 16.8. The van der Waals surface area contributed by atoms with Crippen LogP contribution in [0.25, 0.3) is 0 Å². The number of phenols is 1. The Labute approximate surface area is 143 Å². The lowest BCUT2D eigenvalue weighted by Gasteiger charge is -2.32. The van der Waals surface area contributed by atoms with Gasteiger partial charge >= 0.3 is 0 Å².